The third-order valence-electron chi connectivity index (χ3n) is 4.71. The van der Waals surface area contributed by atoms with Gasteiger partial charge >= 0.3 is 0 Å². The molecule has 2 N–H and O–H groups in total. The van der Waals surface area contributed by atoms with Crippen LogP contribution in [0.3, 0.4) is 0 Å². The van der Waals surface area contributed by atoms with Gasteiger partial charge in [-0.15, -0.1) is 0 Å². The second-order valence-electron chi connectivity index (χ2n) is 6.07. The quantitative estimate of drug-likeness (QED) is 0.868. The summed E-state index contributed by atoms with van der Waals surface area (Å²) in [4.78, 5) is 0. The van der Waals surface area contributed by atoms with Gasteiger partial charge in [0, 0.05) is 12.5 Å². The molecule has 2 nitrogen and oxygen atoms in total. The van der Waals surface area contributed by atoms with Crippen LogP contribution in [0.1, 0.15) is 38.2 Å². The number of para-hydroxylation sites is 1. The number of hydrogen-bond acceptors (Lipinski definition) is 2. The van der Waals surface area contributed by atoms with Crippen LogP contribution in [0.15, 0.2) is 24.3 Å². The maximum absolute atomic E-state index is 6.45. The van der Waals surface area contributed by atoms with Crippen LogP contribution in [-0.4, -0.2) is 12.1 Å². The molecule has 0 bridgehead atoms. The molecule has 18 heavy (non-hydrogen) atoms. The zero-order valence-electron chi connectivity index (χ0n) is 11.1. The van der Waals surface area contributed by atoms with E-state index >= 15 is 0 Å². The summed E-state index contributed by atoms with van der Waals surface area (Å²) in [5.41, 5.74) is 7.77. The molecule has 2 aliphatic rings. The molecule has 1 aliphatic heterocycles. The van der Waals surface area contributed by atoms with Crippen LogP contribution >= 0.6 is 0 Å². The van der Waals surface area contributed by atoms with Gasteiger partial charge in [-0.3, -0.25) is 0 Å². The lowest BCUT2D eigenvalue weighted by atomic mass is 9.77. The zero-order valence-corrected chi connectivity index (χ0v) is 11.1. The molecule has 1 aromatic rings. The van der Waals surface area contributed by atoms with Gasteiger partial charge in [-0.25, -0.2) is 0 Å². The van der Waals surface area contributed by atoms with Gasteiger partial charge in [-0.1, -0.05) is 38.0 Å². The second kappa shape index (κ2) is 4.93. The number of rotatable bonds is 2. The molecule has 2 atom stereocenters. The lowest BCUT2D eigenvalue weighted by Gasteiger charge is -2.33. The number of ether oxygens (including phenoxy) is 1. The third-order valence-corrected chi connectivity index (χ3v) is 4.71. The minimum atomic E-state index is 0.195. The van der Waals surface area contributed by atoms with E-state index in [-0.39, 0.29) is 12.1 Å². The Morgan fingerprint density at radius 1 is 1.17 bits per heavy atom. The number of fused-ring (bicyclic) bond motifs is 1. The topological polar surface area (TPSA) is 35.2 Å². The van der Waals surface area contributed by atoms with Crippen LogP contribution in [0.4, 0.5) is 0 Å². The summed E-state index contributed by atoms with van der Waals surface area (Å²) < 4.78 is 6.02. The molecular formula is C16H23NO. The fourth-order valence-corrected chi connectivity index (χ4v) is 3.40. The van der Waals surface area contributed by atoms with Crippen LogP contribution in [0.5, 0.6) is 5.75 Å². The molecule has 0 radical (unpaired) electrons. The van der Waals surface area contributed by atoms with E-state index in [1.54, 1.807) is 0 Å². The van der Waals surface area contributed by atoms with E-state index in [1.807, 2.05) is 6.07 Å². The average Bonchev–Trinajstić information content (AvgIpc) is 2.82. The number of hydrogen-bond donors (Lipinski definition) is 1. The van der Waals surface area contributed by atoms with Gasteiger partial charge < -0.3 is 10.5 Å². The van der Waals surface area contributed by atoms with E-state index in [0.29, 0.717) is 5.92 Å². The van der Waals surface area contributed by atoms with Crippen molar-refractivity contribution in [1.29, 1.82) is 0 Å². The molecule has 0 amide bonds. The molecule has 0 aromatic heterocycles. The molecule has 0 saturated heterocycles. The molecule has 0 spiro atoms. The van der Waals surface area contributed by atoms with Gasteiger partial charge in [0.1, 0.15) is 11.9 Å². The smallest absolute Gasteiger partial charge is 0.123 e. The second-order valence-corrected chi connectivity index (χ2v) is 6.07. The van der Waals surface area contributed by atoms with Crippen molar-refractivity contribution in [3.63, 3.8) is 0 Å². The first-order valence-corrected chi connectivity index (χ1v) is 7.24. The summed E-state index contributed by atoms with van der Waals surface area (Å²) in [6.07, 6.45) is 6.40. The van der Waals surface area contributed by atoms with E-state index in [1.165, 1.54) is 31.2 Å². The molecule has 1 heterocycles. The zero-order chi connectivity index (χ0) is 12.5. The Labute approximate surface area is 110 Å². The Hall–Kier alpha value is -1.02. The van der Waals surface area contributed by atoms with Gasteiger partial charge in [-0.05, 0) is 36.3 Å². The monoisotopic (exact) mass is 245 g/mol. The van der Waals surface area contributed by atoms with Crippen molar-refractivity contribution in [3.8, 4) is 5.75 Å². The van der Waals surface area contributed by atoms with Crippen LogP contribution in [0.25, 0.3) is 0 Å². The minimum Gasteiger partial charge on any atom is -0.488 e. The molecule has 1 aromatic carbocycles. The van der Waals surface area contributed by atoms with E-state index < -0.39 is 0 Å². The minimum absolute atomic E-state index is 0.195. The van der Waals surface area contributed by atoms with Gasteiger partial charge in [0.05, 0.1) is 0 Å². The first-order chi connectivity index (χ1) is 8.74. The Bertz CT molecular complexity index is 384. The molecule has 3 rings (SSSR count). The van der Waals surface area contributed by atoms with Crippen LogP contribution in [0.2, 0.25) is 0 Å². The number of benzene rings is 1. The lowest BCUT2D eigenvalue weighted by Crippen LogP contribution is -2.45. The van der Waals surface area contributed by atoms with Crippen LogP contribution < -0.4 is 10.5 Å². The van der Waals surface area contributed by atoms with E-state index in [2.05, 4.69) is 25.1 Å². The summed E-state index contributed by atoms with van der Waals surface area (Å²) in [5, 5.41) is 0. The van der Waals surface area contributed by atoms with Crippen LogP contribution in [-0.2, 0) is 6.42 Å². The Balaban J connectivity index is 1.63. The van der Waals surface area contributed by atoms with Gasteiger partial charge in [0.25, 0.3) is 0 Å². The first kappa shape index (κ1) is 12.0. The summed E-state index contributed by atoms with van der Waals surface area (Å²) >= 11 is 0. The maximum Gasteiger partial charge on any atom is 0.123 e. The van der Waals surface area contributed by atoms with Crippen molar-refractivity contribution in [3.05, 3.63) is 29.8 Å². The molecule has 2 unspecified atom stereocenters. The normalized spacial score (nSPS) is 32.7. The van der Waals surface area contributed by atoms with Crippen LogP contribution in [0, 0.1) is 11.8 Å². The highest BCUT2D eigenvalue weighted by Gasteiger charge is 2.34. The largest absolute Gasteiger partial charge is 0.488 e. The SMILES string of the molecule is CC1CCC(C(N)C2Cc3ccccc3O2)CC1. The predicted octanol–water partition coefficient (Wildman–Crippen LogP) is 3.14. The van der Waals surface area contributed by atoms with Crippen molar-refractivity contribution in [2.24, 2.45) is 17.6 Å². The first-order valence-electron chi connectivity index (χ1n) is 7.24. The predicted molar refractivity (Wildman–Crippen MR) is 73.7 cm³/mol. The Morgan fingerprint density at radius 2 is 1.89 bits per heavy atom. The highest BCUT2D eigenvalue weighted by Crippen LogP contribution is 2.35. The fourth-order valence-electron chi connectivity index (χ4n) is 3.40. The van der Waals surface area contributed by atoms with Crippen molar-refractivity contribution >= 4 is 0 Å². The molecular weight excluding hydrogens is 222 g/mol. The third kappa shape index (κ3) is 2.26. The van der Waals surface area contributed by atoms with E-state index in [4.69, 9.17) is 10.5 Å². The number of nitrogens with two attached hydrogens (primary N) is 1. The van der Waals surface area contributed by atoms with Crippen molar-refractivity contribution in [1.82, 2.24) is 0 Å². The highest BCUT2D eigenvalue weighted by molar-refractivity contribution is 5.37. The van der Waals surface area contributed by atoms with Crippen molar-refractivity contribution in [2.45, 2.75) is 51.2 Å². The van der Waals surface area contributed by atoms with Gasteiger partial charge in [-0.2, -0.15) is 0 Å². The fraction of sp³-hybridized carbons (Fsp3) is 0.625. The molecule has 1 fully saturated rings. The van der Waals surface area contributed by atoms with Gasteiger partial charge in [0.2, 0.25) is 0 Å². The molecule has 1 saturated carbocycles. The summed E-state index contributed by atoms with van der Waals surface area (Å²) in [7, 11) is 0. The average molecular weight is 245 g/mol. The summed E-state index contributed by atoms with van der Waals surface area (Å²) in [6, 6.07) is 8.54. The lowest BCUT2D eigenvalue weighted by molar-refractivity contribution is 0.136. The van der Waals surface area contributed by atoms with E-state index in [9.17, 15) is 0 Å². The van der Waals surface area contributed by atoms with E-state index in [0.717, 1.165) is 18.1 Å². The molecule has 2 heteroatoms. The maximum atomic E-state index is 6.45. The Morgan fingerprint density at radius 3 is 2.61 bits per heavy atom. The summed E-state index contributed by atoms with van der Waals surface area (Å²) in [5.74, 6) is 2.58. The van der Waals surface area contributed by atoms with Gasteiger partial charge in [0.15, 0.2) is 0 Å². The highest BCUT2D eigenvalue weighted by atomic mass is 16.5. The van der Waals surface area contributed by atoms with Crippen molar-refractivity contribution in [2.75, 3.05) is 0 Å². The Kier molecular flexibility index (Phi) is 3.29. The standard InChI is InChI=1S/C16H23NO/c1-11-6-8-12(9-7-11)16(17)15-10-13-4-2-3-5-14(13)18-15/h2-5,11-12,15-16H,6-10,17H2,1H3. The molecule has 1 aliphatic carbocycles. The molecule has 98 valence electrons. The van der Waals surface area contributed by atoms with Crippen molar-refractivity contribution < 1.29 is 4.74 Å². The summed E-state index contributed by atoms with van der Waals surface area (Å²) in [6.45, 7) is 2.35.